The molecule has 0 spiro atoms. The number of aromatic hydroxyl groups is 1. The molecule has 0 amide bonds. The second kappa shape index (κ2) is 8.05. The third-order valence-electron chi connectivity index (χ3n) is 4.73. The van der Waals surface area contributed by atoms with Gasteiger partial charge in [0.25, 0.3) is 0 Å². The summed E-state index contributed by atoms with van der Waals surface area (Å²) in [4.78, 5) is 0. The topological polar surface area (TPSA) is 88.5 Å². The molecule has 0 aromatic heterocycles. The molecule has 0 fully saturated rings. The van der Waals surface area contributed by atoms with Crippen LogP contribution in [0.1, 0.15) is 22.6 Å². The molecule has 0 radical (unpaired) electrons. The maximum absolute atomic E-state index is 9.74. The minimum atomic E-state index is -0.366. The van der Waals surface area contributed by atoms with E-state index in [1.807, 2.05) is 48.5 Å². The molecule has 1 atom stereocenters. The van der Waals surface area contributed by atoms with Gasteiger partial charge in [-0.15, -0.1) is 0 Å². The zero-order valence-electron chi connectivity index (χ0n) is 15.3. The molecule has 1 heterocycles. The van der Waals surface area contributed by atoms with Crippen molar-refractivity contribution >= 4 is 22.6 Å². The average molecular weight is 496 g/mol. The van der Waals surface area contributed by atoms with Crippen LogP contribution in [0.3, 0.4) is 0 Å². The first-order valence-corrected chi connectivity index (χ1v) is 10.0. The first kappa shape index (κ1) is 19.2. The summed E-state index contributed by atoms with van der Waals surface area (Å²) in [6.07, 6.45) is 0. The Morgan fingerprint density at radius 3 is 2.48 bits per heavy atom. The summed E-state index contributed by atoms with van der Waals surface area (Å²) in [5.41, 5.74) is 9.07. The number of nitrogens with two attached hydrogens (primary N) is 1. The summed E-state index contributed by atoms with van der Waals surface area (Å²) in [5, 5.41) is 19.4. The zero-order valence-corrected chi connectivity index (χ0v) is 17.5. The largest absolute Gasteiger partial charge is 0.508 e. The predicted octanol–water partition coefficient (Wildman–Crippen LogP) is 4.79. The van der Waals surface area contributed by atoms with Gasteiger partial charge in [-0.3, -0.25) is 0 Å². The Morgan fingerprint density at radius 1 is 1.07 bits per heavy atom. The van der Waals surface area contributed by atoms with Crippen molar-refractivity contribution in [3.05, 3.63) is 98.4 Å². The van der Waals surface area contributed by atoms with Crippen molar-refractivity contribution in [3.63, 3.8) is 0 Å². The molecule has 0 bridgehead atoms. The Balaban J connectivity index is 1.59. The predicted molar refractivity (Wildman–Crippen MR) is 117 cm³/mol. The van der Waals surface area contributed by atoms with Gasteiger partial charge in [-0.2, -0.15) is 5.26 Å². The van der Waals surface area contributed by atoms with E-state index in [2.05, 4.69) is 28.7 Å². The van der Waals surface area contributed by atoms with Crippen LogP contribution in [-0.2, 0) is 6.61 Å². The minimum absolute atomic E-state index is 0.0506. The fraction of sp³-hybridized carbons (Fsp3) is 0.0870. The molecule has 0 saturated carbocycles. The molecule has 3 N–H and O–H groups in total. The number of nitriles is 1. The van der Waals surface area contributed by atoms with Crippen LogP contribution >= 0.6 is 22.6 Å². The molecule has 4 rings (SSSR count). The number of fused-ring (bicyclic) bond motifs is 1. The standard InChI is InChI=1S/C23H17IN2O3/c24-16-5-1-14(2-6-16)13-28-18-8-3-15(4-9-18)22-19-10-7-17(27)11-21(19)29-23(26)20(22)12-25/h1-11,22,27H,13,26H2/t22-/m0/s1. The van der Waals surface area contributed by atoms with Crippen molar-refractivity contribution in [2.45, 2.75) is 12.5 Å². The van der Waals surface area contributed by atoms with Gasteiger partial charge in [-0.05, 0) is 64.0 Å². The van der Waals surface area contributed by atoms with Crippen molar-refractivity contribution in [2.24, 2.45) is 5.73 Å². The molecule has 3 aromatic carbocycles. The lowest BCUT2D eigenvalue weighted by Gasteiger charge is -2.26. The van der Waals surface area contributed by atoms with Crippen molar-refractivity contribution < 1.29 is 14.6 Å². The van der Waals surface area contributed by atoms with E-state index >= 15 is 0 Å². The smallest absolute Gasteiger partial charge is 0.205 e. The van der Waals surface area contributed by atoms with Crippen molar-refractivity contribution in [1.82, 2.24) is 0 Å². The van der Waals surface area contributed by atoms with Crippen LogP contribution in [0.5, 0.6) is 17.2 Å². The number of phenols is 1. The van der Waals surface area contributed by atoms with Crippen LogP contribution in [0.2, 0.25) is 0 Å². The average Bonchev–Trinajstić information content (AvgIpc) is 2.72. The summed E-state index contributed by atoms with van der Waals surface area (Å²) >= 11 is 2.27. The maximum atomic E-state index is 9.74. The fourth-order valence-electron chi connectivity index (χ4n) is 3.29. The number of rotatable bonds is 4. The molecule has 6 heteroatoms. The first-order chi connectivity index (χ1) is 14.0. The lowest BCUT2D eigenvalue weighted by Crippen LogP contribution is -2.20. The summed E-state index contributed by atoms with van der Waals surface area (Å²) in [5.74, 6) is 0.950. The molecular formula is C23H17IN2O3. The number of phenolic OH excluding ortho intramolecular Hbond substituents is 1. The highest BCUT2D eigenvalue weighted by Gasteiger charge is 2.30. The first-order valence-electron chi connectivity index (χ1n) is 8.93. The van der Waals surface area contributed by atoms with Crippen molar-refractivity contribution in [3.8, 4) is 23.3 Å². The Bertz CT molecular complexity index is 1120. The number of nitrogens with zero attached hydrogens (tertiary/aromatic N) is 1. The van der Waals surface area contributed by atoms with Gasteiger partial charge in [0, 0.05) is 15.2 Å². The fourth-order valence-corrected chi connectivity index (χ4v) is 3.65. The molecule has 1 aliphatic rings. The van der Waals surface area contributed by atoms with Gasteiger partial charge < -0.3 is 20.3 Å². The molecule has 1 aliphatic heterocycles. The van der Waals surface area contributed by atoms with E-state index in [0.29, 0.717) is 17.9 Å². The Morgan fingerprint density at radius 2 is 1.79 bits per heavy atom. The lowest BCUT2D eigenvalue weighted by molar-refractivity contribution is 0.306. The van der Waals surface area contributed by atoms with Gasteiger partial charge in [0.05, 0.1) is 5.92 Å². The molecule has 144 valence electrons. The molecule has 0 aliphatic carbocycles. The van der Waals surface area contributed by atoms with E-state index in [1.54, 1.807) is 12.1 Å². The van der Waals surface area contributed by atoms with Crippen LogP contribution in [-0.4, -0.2) is 5.11 Å². The second-order valence-corrected chi connectivity index (χ2v) is 7.88. The molecular weight excluding hydrogens is 479 g/mol. The molecule has 3 aromatic rings. The van der Waals surface area contributed by atoms with Crippen molar-refractivity contribution in [1.29, 1.82) is 5.26 Å². The normalized spacial score (nSPS) is 15.2. The van der Waals surface area contributed by atoms with E-state index in [-0.39, 0.29) is 17.6 Å². The number of benzene rings is 3. The lowest BCUT2D eigenvalue weighted by atomic mass is 9.83. The van der Waals surface area contributed by atoms with Crippen LogP contribution in [0, 0.1) is 14.9 Å². The Hall–Kier alpha value is -3.18. The quantitative estimate of drug-likeness (QED) is 0.507. The zero-order chi connectivity index (χ0) is 20.4. The summed E-state index contributed by atoms with van der Waals surface area (Å²) in [6.45, 7) is 0.478. The van der Waals surface area contributed by atoms with Gasteiger partial charge in [-0.1, -0.05) is 30.3 Å². The van der Waals surface area contributed by atoms with E-state index in [4.69, 9.17) is 15.2 Å². The van der Waals surface area contributed by atoms with E-state index in [1.165, 1.54) is 9.64 Å². The number of hydrogen-bond acceptors (Lipinski definition) is 5. The highest BCUT2D eigenvalue weighted by atomic mass is 127. The second-order valence-electron chi connectivity index (χ2n) is 6.63. The van der Waals surface area contributed by atoms with Crippen LogP contribution in [0.25, 0.3) is 0 Å². The highest BCUT2D eigenvalue weighted by Crippen LogP contribution is 2.43. The summed E-state index contributed by atoms with van der Waals surface area (Å²) in [7, 11) is 0. The molecule has 5 nitrogen and oxygen atoms in total. The maximum Gasteiger partial charge on any atom is 0.205 e. The van der Waals surface area contributed by atoms with Gasteiger partial charge in [0.1, 0.15) is 35.5 Å². The van der Waals surface area contributed by atoms with E-state index < -0.39 is 0 Å². The Labute approximate surface area is 182 Å². The SMILES string of the molecule is N#CC1=C(N)Oc2cc(O)ccc2[C@@H]1c1ccc(OCc2ccc(I)cc2)cc1. The minimum Gasteiger partial charge on any atom is -0.508 e. The number of ether oxygens (including phenoxy) is 2. The molecule has 29 heavy (non-hydrogen) atoms. The van der Waals surface area contributed by atoms with E-state index in [0.717, 1.165) is 22.4 Å². The molecule has 0 unspecified atom stereocenters. The number of hydrogen-bond donors (Lipinski definition) is 2. The van der Waals surface area contributed by atoms with Gasteiger partial charge in [-0.25, -0.2) is 0 Å². The highest BCUT2D eigenvalue weighted by molar-refractivity contribution is 14.1. The van der Waals surface area contributed by atoms with E-state index in [9.17, 15) is 10.4 Å². The monoisotopic (exact) mass is 496 g/mol. The van der Waals surface area contributed by atoms with Gasteiger partial charge >= 0.3 is 0 Å². The van der Waals surface area contributed by atoms with Crippen molar-refractivity contribution in [2.75, 3.05) is 0 Å². The van der Waals surface area contributed by atoms with Crippen LogP contribution < -0.4 is 15.2 Å². The third kappa shape index (κ3) is 4.00. The summed E-state index contributed by atoms with van der Waals surface area (Å²) in [6, 6.07) is 22.7. The number of halogens is 1. The third-order valence-corrected chi connectivity index (χ3v) is 5.45. The van der Waals surface area contributed by atoms with Gasteiger partial charge in [0.15, 0.2) is 0 Å². The molecule has 0 saturated heterocycles. The Kier molecular flexibility index (Phi) is 5.32. The van der Waals surface area contributed by atoms with Crippen LogP contribution in [0.15, 0.2) is 78.2 Å². The number of allylic oxidation sites excluding steroid dienone is 1. The summed E-state index contributed by atoms with van der Waals surface area (Å²) < 4.78 is 12.6. The van der Waals surface area contributed by atoms with Crippen LogP contribution in [0.4, 0.5) is 0 Å². The van der Waals surface area contributed by atoms with Gasteiger partial charge in [0.2, 0.25) is 5.88 Å².